The van der Waals surface area contributed by atoms with Crippen LogP contribution in [0.25, 0.3) is 0 Å². The predicted octanol–water partition coefficient (Wildman–Crippen LogP) is 16.1. The fraction of sp³-hybridized carbons (Fsp3) is 0.942. The van der Waals surface area contributed by atoms with E-state index in [4.69, 9.17) is 28.4 Å². The van der Waals surface area contributed by atoms with Gasteiger partial charge in [0, 0.05) is 6.42 Å². The van der Waals surface area contributed by atoms with E-state index in [0.717, 1.165) is 38.5 Å². The van der Waals surface area contributed by atoms with Gasteiger partial charge in [-0.25, -0.2) is 0 Å². The van der Waals surface area contributed by atoms with Crippen LogP contribution in [0.1, 0.15) is 386 Å². The number of carbonyl (C=O) groups excluding carboxylic acids is 1. The van der Waals surface area contributed by atoms with Crippen LogP contribution in [-0.2, 0) is 33.2 Å². The Morgan fingerprint density at radius 3 is 0.952 bits per heavy atom. The number of amides is 1. The van der Waals surface area contributed by atoms with Gasteiger partial charge in [-0.05, 0) is 32.1 Å². The van der Waals surface area contributed by atoms with Gasteiger partial charge in [0.2, 0.25) is 5.91 Å². The average molecular weight is 1500 g/mol. The van der Waals surface area contributed by atoms with Gasteiger partial charge in [-0.15, -0.1) is 0 Å². The number of aliphatic hydroxyl groups is 11. The van der Waals surface area contributed by atoms with Crippen molar-refractivity contribution in [2.24, 2.45) is 0 Å². The molecule has 0 aromatic carbocycles. The van der Waals surface area contributed by atoms with E-state index in [0.29, 0.717) is 12.8 Å². The molecule has 3 saturated heterocycles. The topological polar surface area (TPSA) is 307 Å². The molecule has 3 fully saturated rings. The van der Waals surface area contributed by atoms with Crippen LogP contribution in [0.4, 0.5) is 0 Å². The Bertz CT molecular complexity index is 1990. The maximum absolute atomic E-state index is 13.5. The molecular weight excluding hydrogens is 1330 g/mol. The summed E-state index contributed by atoms with van der Waals surface area (Å²) in [5.41, 5.74) is 0. The molecule has 3 rings (SSSR count). The maximum Gasteiger partial charge on any atom is 0.220 e. The summed E-state index contributed by atoms with van der Waals surface area (Å²) in [5.74, 6) is -0.276. The highest BCUT2D eigenvalue weighted by Gasteiger charge is 2.54. The molecule has 17 atom stereocenters. The number of aliphatic hydroxyl groups excluding tert-OH is 11. The van der Waals surface area contributed by atoms with E-state index in [-0.39, 0.29) is 18.9 Å². The molecule has 0 aromatic heterocycles. The third-order valence-corrected chi connectivity index (χ3v) is 22.3. The molecule has 105 heavy (non-hydrogen) atoms. The summed E-state index contributed by atoms with van der Waals surface area (Å²) in [7, 11) is 0. The first-order valence-electron chi connectivity index (χ1n) is 44.1. The van der Waals surface area contributed by atoms with Crippen molar-refractivity contribution in [3.63, 3.8) is 0 Å². The molecule has 0 radical (unpaired) electrons. The minimum Gasteiger partial charge on any atom is -0.394 e. The predicted molar refractivity (Wildman–Crippen MR) is 420 cm³/mol. The lowest BCUT2D eigenvalue weighted by atomic mass is 9.96. The summed E-state index contributed by atoms with van der Waals surface area (Å²) in [6, 6.07) is -0.989. The van der Waals surface area contributed by atoms with Gasteiger partial charge in [0.25, 0.3) is 0 Å². The van der Waals surface area contributed by atoms with Crippen molar-refractivity contribution in [2.75, 3.05) is 26.4 Å². The Morgan fingerprint density at radius 1 is 0.333 bits per heavy atom. The fourth-order valence-electron chi connectivity index (χ4n) is 15.2. The first-order valence-corrected chi connectivity index (χ1v) is 44.1. The Balaban J connectivity index is 1.35. The molecule has 0 saturated carbocycles. The number of unbranched alkanes of at least 4 members (excludes halogenated alkanes) is 54. The summed E-state index contributed by atoms with van der Waals surface area (Å²) in [6.45, 7) is 1.79. The van der Waals surface area contributed by atoms with Gasteiger partial charge in [-0.3, -0.25) is 4.79 Å². The zero-order valence-electron chi connectivity index (χ0n) is 66.7. The van der Waals surface area contributed by atoms with Crippen molar-refractivity contribution < 1.29 is 89.4 Å². The number of ether oxygens (including phenoxy) is 6. The Kier molecular flexibility index (Phi) is 62.0. The quantitative estimate of drug-likeness (QED) is 0.0199. The van der Waals surface area contributed by atoms with E-state index >= 15 is 0 Å². The summed E-state index contributed by atoms with van der Waals surface area (Å²) < 4.78 is 34.5. The normalized spacial score (nSPS) is 25.8. The molecule has 3 aliphatic rings. The van der Waals surface area contributed by atoms with Crippen molar-refractivity contribution in [2.45, 2.75) is 491 Å². The van der Waals surface area contributed by atoms with Gasteiger partial charge in [0.1, 0.15) is 73.2 Å². The summed E-state index contributed by atoms with van der Waals surface area (Å²) in [4.78, 5) is 13.5. The molecule has 19 nitrogen and oxygen atoms in total. The minimum atomic E-state index is -1.98. The van der Waals surface area contributed by atoms with Gasteiger partial charge in [0.05, 0.1) is 38.6 Å². The molecule has 620 valence electrons. The van der Waals surface area contributed by atoms with E-state index in [2.05, 4.69) is 31.3 Å². The molecule has 0 aliphatic carbocycles. The van der Waals surface area contributed by atoms with Crippen LogP contribution in [0.15, 0.2) is 24.3 Å². The van der Waals surface area contributed by atoms with Crippen LogP contribution in [-0.4, -0.2) is 193 Å². The molecule has 0 spiro atoms. The van der Waals surface area contributed by atoms with Crippen molar-refractivity contribution in [1.29, 1.82) is 0 Å². The lowest BCUT2D eigenvalue weighted by Gasteiger charge is -2.48. The van der Waals surface area contributed by atoms with E-state index in [9.17, 15) is 61.0 Å². The monoisotopic (exact) mass is 1500 g/mol. The molecule has 1 amide bonds. The molecule has 0 aromatic rings. The first-order chi connectivity index (χ1) is 51.3. The Hall–Kier alpha value is -1.73. The molecular formula is C86H163NO18. The van der Waals surface area contributed by atoms with Gasteiger partial charge in [-0.2, -0.15) is 0 Å². The first kappa shape index (κ1) is 97.5. The number of rotatable bonds is 72. The summed E-state index contributed by atoms with van der Waals surface area (Å²) in [5, 5.41) is 121. The molecule has 3 aliphatic heterocycles. The number of hydrogen-bond donors (Lipinski definition) is 12. The van der Waals surface area contributed by atoms with Crippen LogP contribution in [0.2, 0.25) is 0 Å². The summed E-state index contributed by atoms with van der Waals surface area (Å²) >= 11 is 0. The molecule has 3 heterocycles. The number of hydrogen-bond acceptors (Lipinski definition) is 18. The van der Waals surface area contributed by atoms with Crippen LogP contribution in [0.3, 0.4) is 0 Å². The van der Waals surface area contributed by atoms with E-state index < -0.39 is 124 Å². The molecule has 12 N–H and O–H groups in total. The third kappa shape index (κ3) is 46.1. The lowest BCUT2D eigenvalue weighted by molar-refractivity contribution is -0.379. The Labute approximate surface area is 638 Å². The van der Waals surface area contributed by atoms with E-state index in [1.165, 1.54) is 315 Å². The second-order valence-corrected chi connectivity index (χ2v) is 31.7. The smallest absolute Gasteiger partial charge is 0.220 e. The van der Waals surface area contributed by atoms with Gasteiger partial charge >= 0.3 is 0 Å². The highest BCUT2D eigenvalue weighted by Crippen LogP contribution is 2.34. The number of allylic oxidation sites excluding steroid dienone is 3. The average Bonchev–Trinajstić information content (AvgIpc) is 0.775. The van der Waals surface area contributed by atoms with Crippen molar-refractivity contribution in [1.82, 2.24) is 5.32 Å². The molecule has 19 heteroatoms. The molecule has 17 unspecified atom stereocenters. The largest absolute Gasteiger partial charge is 0.394 e. The van der Waals surface area contributed by atoms with Gasteiger partial charge < -0.3 is 89.9 Å². The lowest BCUT2D eigenvalue weighted by Crippen LogP contribution is -2.66. The van der Waals surface area contributed by atoms with Crippen molar-refractivity contribution >= 4 is 5.91 Å². The standard InChI is InChI=1S/C86H163NO18/c1-3-5-7-9-11-13-15-17-19-21-23-25-27-29-31-32-33-34-35-36-38-39-41-43-45-47-49-51-53-55-57-59-61-63-70(91)69(87-74(92)64-62-60-58-56-54-52-50-48-46-44-42-40-37-30-28-26-24-22-20-18-16-14-12-10-8-6-4-2)68-100-84-80(98)77(95)82(72(66-89)102-84)105-86-81(99)78(96)83(73(67-90)103-86)104-85-79(97)76(94)75(93)71(65-88)101-85/h53,55,61,63,69-73,75-86,88-91,93-99H,3-52,54,56-60,62,64-68H2,1-2H3,(H,87,92)/b55-53+,63-61+. The van der Waals surface area contributed by atoms with E-state index in [1.807, 2.05) is 6.08 Å². The third-order valence-electron chi connectivity index (χ3n) is 22.3. The highest BCUT2D eigenvalue weighted by atomic mass is 16.8. The maximum atomic E-state index is 13.5. The molecule has 0 bridgehead atoms. The zero-order chi connectivity index (χ0) is 76.0. The van der Waals surface area contributed by atoms with Crippen LogP contribution >= 0.6 is 0 Å². The van der Waals surface area contributed by atoms with Gasteiger partial charge in [-0.1, -0.05) is 372 Å². The highest BCUT2D eigenvalue weighted by molar-refractivity contribution is 5.76. The Morgan fingerprint density at radius 2 is 0.610 bits per heavy atom. The van der Waals surface area contributed by atoms with E-state index in [1.54, 1.807) is 6.08 Å². The van der Waals surface area contributed by atoms with Crippen molar-refractivity contribution in [3.05, 3.63) is 24.3 Å². The van der Waals surface area contributed by atoms with Crippen LogP contribution in [0.5, 0.6) is 0 Å². The van der Waals surface area contributed by atoms with Crippen molar-refractivity contribution in [3.8, 4) is 0 Å². The van der Waals surface area contributed by atoms with Crippen LogP contribution < -0.4 is 5.32 Å². The summed E-state index contributed by atoms with van der Waals surface area (Å²) in [6.07, 6.45) is 56.2. The second-order valence-electron chi connectivity index (χ2n) is 31.7. The second kappa shape index (κ2) is 66.8. The van der Waals surface area contributed by atoms with Gasteiger partial charge in [0.15, 0.2) is 18.9 Å². The van der Waals surface area contributed by atoms with Crippen LogP contribution in [0, 0.1) is 0 Å². The fourth-order valence-corrected chi connectivity index (χ4v) is 15.2. The number of nitrogens with one attached hydrogen (secondary N) is 1. The number of carbonyl (C=O) groups is 1. The minimum absolute atomic E-state index is 0.241. The zero-order valence-corrected chi connectivity index (χ0v) is 66.7. The SMILES string of the molecule is CCCCCCCCCCCCCCCCCCCCCCCCCCCCC/C=C/CC/C=C/C(O)C(COC1OC(CO)C(OC2OC(CO)C(OC3OC(CO)C(O)C(O)C3O)C(O)C2O)C(O)C1O)NC(=O)CCCCCCCCCCCCCCCCCCCCCCCCCCCCC.